The molecule has 34 heavy (non-hydrogen) atoms. The lowest BCUT2D eigenvalue weighted by Gasteiger charge is -2.29. The molecule has 0 fully saturated rings. The minimum absolute atomic E-state index is 0.0306. The summed E-state index contributed by atoms with van der Waals surface area (Å²) in [4.78, 5) is 40.2. The first kappa shape index (κ1) is 22.2. The number of aryl methyl sites for hydroxylation is 1. The summed E-state index contributed by atoms with van der Waals surface area (Å²) < 4.78 is 1.58. The molecule has 0 atom stereocenters. The highest BCUT2D eigenvalue weighted by molar-refractivity contribution is 7.99. The Balaban J connectivity index is 1.36. The Morgan fingerprint density at radius 3 is 2.79 bits per heavy atom. The monoisotopic (exact) mass is 491 g/mol. The van der Waals surface area contributed by atoms with Gasteiger partial charge in [-0.05, 0) is 36.6 Å². The lowest BCUT2D eigenvalue weighted by atomic mass is 10.0. The van der Waals surface area contributed by atoms with Gasteiger partial charge in [0.25, 0.3) is 0 Å². The number of anilines is 2. The van der Waals surface area contributed by atoms with Crippen LogP contribution in [0.25, 0.3) is 11.4 Å². The van der Waals surface area contributed by atoms with E-state index in [0.29, 0.717) is 22.7 Å². The summed E-state index contributed by atoms with van der Waals surface area (Å²) in [6, 6.07) is 11.6. The van der Waals surface area contributed by atoms with Crippen LogP contribution in [0.15, 0.2) is 65.5 Å². The van der Waals surface area contributed by atoms with Gasteiger partial charge >= 0.3 is 0 Å². The summed E-state index contributed by atoms with van der Waals surface area (Å²) in [5, 5.41) is 10.2. The van der Waals surface area contributed by atoms with Crippen molar-refractivity contribution in [3.05, 3.63) is 65.9 Å². The van der Waals surface area contributed by atoms with Crippen molar-refractivity contribution in [1.82, 2.24) is 24.7 Å². The second kappa shape index (κ2) is 10.1. The first-order valence-electron chi connectivity index (χ1n) is 10.7. The third-order valence-corrected chi connectivity index (χ3v) is 6.94. The smallest absolute Gasteiger partial charge is 0.248 e. The van der Waals surface area contributed by atoms with Crippen molar-refractivity contribution in [1.29, 1.82) is 0 Å². The van der Waals surface area contributed by atoms with E-state index in [2.05, 4.69) is 31.4 Å². The van der Waals surface area contributed by atoms with E-state index < -0.39 is 0 Å². The molecule has 1 aromatic carbocycles. The number of hydrogen-bond donors (Lipinski definition) is 1. The molecule has 172 valence electrons. The van der Waals surface area contributed by atoms with Crippen LogP contribution >= 0.6 is 23.1 Å². The van der Waals surface area contributed by atoms with Gasteiger partial charge in [0, 0.05) is 41.8 Å². The van der Waals surface area contributed by atoms with E-state index in [-0.39, 0.29) is 24.1 Å². The van der Waals surface area contributed by atoms with Gasteiger partial charge in [-0.15, -0.1) is 16.4 Å². The Kier molecular flexibility index (Phi) is 6.63. The van der Waals surface area contributed by atoms with Crippen molar-refractivity contribution in [3.8, 4) is 11.4 Å². The van der Waals surface area contributed by atoms with Gasteiger partial charge in [-0.25, -0.2) is 14.6 Å². The molecular formula is C23H21N7O2S2. The summed E-state index contributed by atoms with van der Waals surface area (Å²) in [6.07, 6.45) is 6.85. The van der Waals surface area contributed by atoms with Crippen LogP contribution in [0.5, 0.6) is 0 Å². The maximum atomic E-state index is 13.3. The molecule has 0 saturated carbocycles. The number of rotatable bonds is 7. The van der Waals surface area contributed by atoms with Gasteiger partial charge in [0.1, 0.15) is 6.54 Å². The molecule has 3 aromatic heterocycles. The summed E-state index contributed by atoms with van der Waals surface area (Å²) in [5.74, 6) is 0.343. The molecule has 11 heteroatoms. The number of carbonyl (C=O) groups is 2. The van der Waals surface area contributed by atoms with Crippen LogP contribution in [-0.2, 0) is 22.6 Å². The average Bonchev–Trinajstić information content (AvgIpc) is 3.53. The molecule has 5 rings (SSSR count). The molecule has 4 aromatic rings. The van der Waals surface area contributed by atoms with Crippen molar-refractivity contribution < 1.29 is 9.59 Å². The Morgan fingerprint density at radius 2 is 1.97 bits per heavy atom. The van der Waals surface area contributed by atoms with Crippen LogP contribution in [0, 0.1) is 0 Å². The van der Waals surface area contributed by atoms with Crippen molar-refractivity contribution in [2.75, 3.05) is 22.5 Å². The fraction of sp³-hybridized carbons (Fsp3) is 0.217. The second-order valence-electron chi connectivity index (χ2n) is 7.56. The fourth-order valence-electron chi connectivity index (χ4n) is 3.74. The zero-order valence-corrected chi connectivity index (χ0v) is 19.8. The second-order valence-corrected chi connectivity index (χ2v) is 9.40. The van der Waals surface area contributed by atoms with Crippen LogP contribution < -0.4 is 10.2 Å². The summed E-state index contributed by atoms with van der Waals surface area (Å²) >= 11 is 2.59. The molecule has 2 amide bonds. The van der Waals surface area contributed by atoms with Crippen molar-refractivity contribution in [2.24, 2.45) is 0 Å². The third-order valence-electron chi connectivity index (χ3n) is 5.28. The fourth-order valence-corrected chi connectivity index (χ4v) is 5.02. The number of para-hydroxylation sites is 1. The Morgan fingerprint density at radius 1 is 1.12 bits per heavy atom. The highest BCUT2D eigenvalue weighted by Crippen LogP contribution is 2.28. The predicted molar refractivity (Wildman–Crippen MR) is 132 cm³/mol. The lowest BCUT2D eigenvalue weighted by molar-refractivity contribution is -0.119. The number of thiazole rings is 1. The molecule has 0 radical (unpaired) electrons. The standard InChI is InChI=1S/C23H21N7O2S2/c31-19(26-22-25-11-13-33-22)15-34-23-27-21(17-7-9-24-10-8-17)28-30(23)14-20(32)29-12-3-5-16-4-1-2-6-18(16)29/h1-2,4,6-11,13H,3,5,12,14-15H2,(H,25,26,31). The first-order valence-corrected chi connectivity index (χ1v) is 12.6. The molecule has 4 heterocycles. The molecule has 0 unspecified atom stereocenters. The Bertz CT molecular complexity index is 1290. The van der Waals surface area contributed by atoms with Crippen molar-refractivity contribution >= 4 is 45.7 Å². The zero-order chi connectivity index (χ0) is 23.3. The minimum atomic E-state index is -0.198. The number of pyridine rings is 1. The number of amides is 2. The third kappa shape index (κ3) is 5.00. The molecule has 1 aliphatic rings. The van der Waals surface area contributed by atoms with Crippen LogP contribution in [-0.4, -0.2) is 48.8 Å². The normalized spacial score (nSPS) is 12.9. The van der Waals surface area contributed by atoms with E-state index in [1.807, 2.05) is 35.2 Å². The number of nitrogens with zero attached hydrogens (tertiary/aromatic N) is 6. The quantitative estimate of drug-likeness (QED) is 0.394. The number of carbonyl (C=O) groups excluding carboxylic acids is 2. The molecule has 0 saturated heterocycles. The van der Waals surface area contributed by atoms with E-state index in [1.54, 1.807) is 28.7 Å². The largest absolute Gasteiger partial charge is 0.311 e. The molecule has 0 aliphatic carbocycles. The maximum absolute atomic E-state index is 13.3. The van der Waals surface area contributed by atoms with Crippen molar-refractivity contribution in [2.45, 2.75) is 24.5 Å². The number of thioether (sulfide) groups is 1. The number of aromatic nitrogens is 5. The Labute approximate surface area is 204 Å². The van der Waals surface area contributed by atoms with E-state index in [4.69, 9.17) is 0 Å². The number of benzene rings is 1. The molecular weight excluding hydrogens is 470 g/mol. The van der Waals surface area contributed by atoms with Crippen LogP contribution in [0.4, 0.5) is 10.8 Å². The van der Waals surface area contributed by atoms with Gasteiger partial charge in [0.05, 0.1) is 5.75 Å². The van der Waals surface area contributed by atoms with Crippen molar-refractivity contribution in [3.63, 3.8) is 0 Å². The molecule has 1 aliphatic heterocycles. The van der Waals surface area contributed by atoms with Crippen LogP contribution in [0.1, 0.15) is 12.0 Å². The maximum Gasteiger partial charge on any atom is 0.248 e. The van der Waals surface area contributed by atoms with Crippen LogP contribution in [0.2, 0.25) is 0 Å². The van der Waals surface area contributed by atoms with Gasteiger partial charge in [-0.1, -0.05) is 30.0 Å². The summed E-state index contributed by atoms with van der Waals surface area (Å²) in [7, 11) is 0. The Hall–Kier alpha value is -3.57. The summed E-state index contributed by atoms with van der Waals surface area (Å²) in [5.41, 5.74) is 2.91. The first-order chi connectivity index (χ1) is 16.7. The highest BCUT2D eigenvalue weighted by Gasteiger charge is 2.24. The van der Waals surface area contributed by atoms with Gasteiger partial charge in [-0.2, -0.15) is 0 Å². The molecule has 0 spiro atoms. The van der Waals surface area contributed by atoms with E-state index in [1.165, 1.54) is 28.7 Å². The van der Waals surface area contributed by atoms with E-state index in [0.717, 1.165) is 24.1 Å². The SMILES string of the molecule is O=C(CSc1nc(-c2ccncc2)nn1CC(=O)N1CCCc2ccccc21)Nc1nccs1. The lowest BCUT2D eigenvalue weighted by Crippen LogP contribution is -2.38. The van der Waals surface area contributed by atoms with Gasteiger partial charge in [0.15, 0.2) is 16.1 Å². The molecule has 0 bridgehead atoms. The van der Waals surface area contributed by atoms with E-state index >= 15 is 0 Å². The van der Waals surface area contributed by atoms with Gasteiger partial charge in [0.2, 0.25) is 11.8 Å². The zero-order valence-electron chi connectivity index (χ0n) is 18.1. The number of fused-ring (bicyclic) bond motifs is 1. The summed E-state index contributed by atoms with van der Waals surface area (Å²) in [6.45, 7) is 0.698. The van der Waals surface area contributed by atoms with Gasteiger partial charge in [-0.3, -0.25) is 14.6 Å². The van der Waals surface area contributed by atoms with E-state index in [9.17, 15) is 9.59 Å². The van der Waals surface area contributed by atoms with Crippen LogP contribution in [0.3, 0.4) is 0 Å². The average molecular weight is 492 g/mol. The highest BCUT2D eigenvalue weighted by atomic mass is 32.2. The molecule has 1 N–H and O–H groups in total. The predicted octanol–water partition coefficient (Wildman–Crippen LogP) is 3.51. The number of nitrogens with one attached hydrogen (secondary N) is 1. The van der Waals surface area contributed by atoms with Gasteiger partial charge < -0.3 is 10.2 Å². The molecule has 9 nitrogen and oxygen atoms in total. The number of hydrogen-bond acceptors (Lipinski definition) is 8. The minimum Gasteiger partial charge on any atom is -0.311 e. The topological polar surface area (TPSA) is 106 Å².